The van der Waals surface area contributed by atoms with Gasteiger partial charge in [0.05, 0.1) is 12.0 Å². The van der Waals surface area contributed by atoms with E-state index in [0.29, 0.717) is 12.2 Å². The largest absolute Gasteiger partial charge is 0.497 e. The third-order valence-corrected chi connectivity index (χ3v) is 6.36. The van der Waals surface area contributed by atoms with Crippen molar-refractivity contribution in [2.75, 3.05) is 12.4 Å². The number of carbonyl (C=O) groups excluding carboxylic acids is 1. The average Bonchev–Trinajstić information content (AvgIpc) is 3.39. The number of carbonyl (C=O) groups is 1. The number of nitrogens with zero attached hydrogens (tertiary/aromatic N) is 2. The van der Waals surface area contributed by atoms with Gasteiger partial charge in [0.1, 0.15) is 23.6 Å². The topological polar surface area (TPSA) is 73.3 Å². The molecule has 2 aromatic carbocycles. The van der Waals surface area contributed by atoms with Crippen LogP contribution in [0.15, 0.2) is 60.7 Å². The van der Waals surface area contributed by atoms with Gasteiger partial charge >= 0.3 is 0 Å². The number of anilines is 2. The Bertz CT molecular complexity index is 1250. The molecular formula is C29H33N3O3S. The molecule has 0 spiro atoms. The van der Waals surface area contributed by atoms with E-state index in [2.05, 4.69) is 19.2 Å². The van der Waals surface area contributed by atoms with E-state index in [1.54, 1.807) is 7.11 Å². The van der Waals surface area contributed by atoms with Gasteiger partial charge in [-0.1, -0.05) is 51.2 Å². The van der Waals surface area contributed by atoms with E-state index in [0.717, 1.165) is 68.9 Å². The molecule has 0 unspecified atom stereocenters. The molecule has 0 fully saturated rings. The lowest BCUT2D eigenvalue weighted by molar-refractivity contribution is -0.107. The van der Waals surface area contributed by atoms with E-state index in [4.69, 9.17) is 19.4 Å². The number of hydrogen-bond acceptors (Lipinski definition) is 7. The third kappa shape index (κ3) is 6.70. The minimum atomic E-state index is 0.414. The summed E-state index contributed by atoms with van der Waals surface area (Å²) in [5, 5.41) is 4.22. The zero-order valence-electron chi connectivity index (χ0n) is 21.5. The Labute approximate surface area is 217 Å². The number of aldehydes is 1. The van der Waals surface area contributed by atoms with Crippen LogP contribution in [-0.2, 0) is 24.1 Å². The molecule has 0 saturated carbocycles. The lowest BCUT2D eigenvalue weighted by Crippen LogP contribution is -2.06. The summed E-state index contributed by atoms with van der Waals surface area (Å²) >= 11 is 1.51. The molecule has 0 aliphatic heterocycles. The van der Waals surface area contributed by atoms with Gasteiger partial charge < -0.3 is 19.6 Å². The molecule has 6 nitrogen and oxygen atoms in total. The number of aromatic nitrogens is 2. The van der Waals surface area contributed by atoms with Crippen molar-refractivity contribution in [2.45, 2.75) is 47.0 Å². The van der Waals surface area contributed by atoms with Gasteiger partial charge in [-0.15, -0.1) is 0 Å². The molecule has 2 aromatic heterocycles. The second-order valence-electron chi connectivity index (χ2n) is 7.62. The maximum absolute atomic E-state index is 10.8. The monoisotopic (exact) mass is 503 g/mol. The van der Waals surface area contributed by atoms with E-state index < -0.39 is 0 Å². The van der Waals surface area contributed by atoms with Crippen molar-refractivity contribution in [2.24, 2.45) is 0 Å². The molecule has 0 aliphatic carbocycles. The summed E-state index contributed by atoms with van der Waals surface area (Å²) in [5.41, 5.74) is 4.04. The Morgan fingerprint density at radius 3 is 2.19 bits per heavy atom. The van der Waals surface area contributed by atoms with Crippen LogP contribution >= 0.6 is 11.3 Å². The van der Waals surface area contributed by atoms with Crippen LogP contribution in [0.25, 0.3) is 10.7 Å². The molecule has 4 aromatic rings. The van der Waals surface area contributed by atoms with Gasteiger partial charge in [0, 0.05) is 23.4 Å². The molecule has 0 aliphatic rings. The summed E-state index contributed by atoms with van der Waals surface area (Å²) in [4.78, 5) is 21.4. The summed E-state index contributed by atoms with van der Waals surface area (Å²) in [6, 6.07) is 19.3. The lowest BCUT2D eigenvalue weighted by Gasteiger charge is -2.15. The van der Waals surface area contributed by atoms with Gasteiger partial charge in [-0.3, -0.25) is 0 Å². The smallest absolute Gasteiger partial charge is 0.181 e. The van der Waals surface area contributed by atoms with Crippen LogP contribution in [0.4, 0.5) is 11.5 Å². The van der Waals surface area contributed by atoms with Crippen LogP contribution in [-0.4, -0.2) is 23.4 Å². The van der Waals surface area contributed by atoms with Gasteiger partial charge in [-0.2, -0.15) is 0 Å². The van der Waals surface area contributed by atoms with Crippen LogP contribution < -0.4 is 14.8 Å². The predicted molar refractivity (Wildman–Crippen MR) is 148 cm³/mol. The lowest BCUT2D eigenvalue weighted by atomic mass is 10.1. The highest BCUT2D eigenvalue weighted by molar-refractivity contribution is 7.17. The van der Waals surface area contributed by atoms with Gasteiger partial charge in [-0.25, -0.2) is 9.97 Å². The number of methoxy groups -OCH3 is 1. The van der Waals surface area contributed by atoms with Gasteiger partial charge in [0.25, 0.3) is 0 Å². The summed E-state index contributed by atoms with van der Waals surface area (Å²) in [6.45, 7) is 8.22. The van der Waals surface area contributed by atoms with Crippen molar-refractivity contribution in [3.63, 3.8) is 0 Å². The fraction of sp³-hybridized carbons (Fsp3) is 0.276. The summed E-state index contributed by atoms with van der Waals surface area (Å²) < 4.78 is 11.2. The third-order valence-electron chi connectivity index (χ3n) is 5.40. The zero-order valence-corrected chi connectivity index (χ0v) is 22.3. The van der Waals surface area contributed by atoms with Crippen molar-refractivity contribution >= 4 is 29.1 Å². The van der Waals surface area contributed by atoms with Crippen molar-refractivity contribution in [3.8, 4) is 27.3 Å². The van der Waals surface area contributed by atoms with E-state index in [1.807, 2.05) is 74.5 Å². The van der Waals surface area contributed by atoms with E-state index >= 15 is 0 Å². The molecule has 188 valence electrons. The SMILES string of the molecule is CC.CCc1nc(-c2ccc(Oc3ccc(OC)cc3)s2)nc(Nc2ccc(CC=O)cc2)c1CC. The first-order valence-corrected chi connectivity index (χ1v) is 13.1. The van der Waals surface area contributed by atoms with Crippen molar-refractivity contribution in [1.29, 1.82) is 0 Å². The number of aryl methyl sites for hydroxylation is 1. The minimum absolute atomic E-state index is 0.414. The van der Waals surface area contributed by atoms with Gasteiger partial charge in [0.15, 0.2) is 10.9 Å². The molecule has 0 radical (unpaired) electrons. The summed E-state index contributed by atoms with van der Waals surface area (Å²) in [6.07, 6.45) is 2.96. The highest BCUT2D eigenvalue weighted by Crippen LogP contribution is 2.36. The molecular weight excluding hydrogens is 470 g/mol. The maximum Gasteiger partial charge on any atom is 0.181 e. The molecule has 1 N–H and O–H groups in total. The minimum Gasteiger partial charge on any atom is -0.497 e. The molecule has 7 heteroatoms. The second kappa shape index (κ2) is 13.4. The van der Waals surface area contributed by atoms with Gasteiger partial charge in [-0.05, 0) is 66.9 Å². The highest BCUT2D eigenvalue weighted by Gasteiger charge is 2.16. The molecule has 0 bridgehead atoms. The van der Waals surface area contributed by atoms with Crippen LogP contribution in [0.3, 0.4) is 0 Å². The molecule has 0 amide bonds. The number of nitrogens with one attached hydrogen (secondary N) is 1. The number of benzene rings is 2. The quantitative estimate of drug-likeness (QED) is 0.224. The summed E-state index contributed by atoms with van der Waals surface area (Å²) in [5.74, 6) is 3.00. The fourth-order valence-corrected chi connectivity index (χ4v) is 4.43. The summed E-state index contributed by atoms with van der Waals surface area (Å²) in [7, 11) is 1.64. The first-order valence-electron chi connectivity index (χ1n) is 12.2. The van der Waals surface area contributed by atoms with E-state index in [1.165, 1.54) is 11.3 Å². The second-order valence-corrected chi connectivity index (χ2v) is 8.66. The highest BCUT2D eigenvalue weighted by atomic mass is 32.1. The van der Waals surface area contributed by atoms with Crippen LogP contribution in [0, 0.1) is 0 Å². The zero-order chi connectivity index (χ0) is 25.9. The van der Waals surface area contributed by atoms with E-state index in [-0.39, 0.29) is 0 Å². The number of hydrogen-bond donors (Lipinski definition) is 1. The number of ether oxygens (including phenoxy) is 2. The normalized spacial score (nSPS) is 10.2. The average molecular weight is 504 g/mol. The fourth-order valence-electron chi connectivity index (χ4n) is 3.62. The van der Waals surface area contributed by atoms with Crippen molar-refractivity contribution in [1.82, 2.24) is 9.97 Å². The van der Waals surface area contributed by atoms with Crippen molar-refractivity contribution in [3.05, 3.63) is 77.5 Å². The van der Waals surface area contributed by atoms with E-state index in [9.17, 15) is 4.79 Å². The van der Waals surface area contributed by atoms with Crippen LogP contribution in [0.5, 0.6) is 16.6 Å². The molecule has 0 atom stereocenters. The number of thiophene rings is 1. The van der Waals surface area contributed by atoms with Crippen molar-refractivity contribution < 1.29 is 14.3 Å². The molecule has 2 heterocycles. The van der Waals surface area contributed by atoms with Gasteiger partial charge in [0.2, 0.25) is 0 Å². The molecule has 0 saturated heterocycles. The Morgan fingerprint density at radius 1 is 0.889 bits per heavy atom. The number of rotatable bonds is 10. The Hall–Kier alpha value is -3.71. The maximum atomic E-state index is 10.8. The first kappa shape index (κ1) is 26.9. The molecule has 36 heavy (non-hydrogen) atoms. The Morgan fingerprint density at radius 2 is 1.58 bits per heavy atom. The van der Waals surface area contributed by atoms with Crippen LogP contribution in [0.1, 0.15) is 44.5 Å². The Balaban J connectivity index is 0.00000176. The first-order chi connectivity index (χ1) is 17.6. The standard InChI is InChI=1S/C27H27N3O3S.C2H6/c1-4-22-23(5-2)29-27(30-26(22)28-19-8-6-18(7-9-19)16-17-31)24-14-15-25(34-24)33-21-12-10-20(32-3)11-13-21;1-2/h6-15,17H,4-5,16H2,1-3H3,(H,28,29,30);1-2H3. The predicted octanol–water partition coefficient (Wildman–Crippen LogP) is 7.64. The van der Waals surface area contributed by atoms with Crippen LogP contribution in [0.2, 0.25) is 0 Å². The Kier molecular flexibility index (Phi) is 10.0. The molecule has 4 rings (SSSR count).